The molecule has 0 spiro atoms. The quantitative estimate of drug-likeness (QED) is 0.790. The number of methoxy groups -OCH3 is 1. The minimum atomic E-state index is -1.18. The van der Waals surface area contributed by atoms with Gasteiger partial charge in [0.05, 0.1) is 7.11 Å². The summed E-state index contributed by atoms with van der Waals surface area (Å²) in [6.45, 7) is 2.20. The predicted octanol–water partition coefficient (Wildman–Crippen LogP) is 2.64. The first-order chi connectivity index (χ1) is 13.9. The van der Waals surface area contributed by atoms with E-state index in [0.29, 0.717) is 17.2 Å². The lowest BCUT2D eigenvalue weighted by molar-refractivity contribution is -0.142. The van der Waals surface area contributed by atoms with E-state index in [0.717, 1.165) is 30.7 Å². The highest BCUT2D eigenvalue weighted by molar-refractivity contribution is 6.09. The lowest BCUT2D eigenvalue weighted by Crippen LogP contribution is -2.53. The molecule has 0 aromatic heterocycles. The molecule has 4 amide bonds. The second kappa shape index (κ2) is 7.69. The number of urea groups is 1. The van der Waals surface area contributed by atoms with E-state index in [1.54, 1.807) is 38.3 Å². The van der Waals surface area contributed by atoms with Crippen LogP contribution in [0.3, 0.4) is 0 Å². The van der Waals surface area contributed by atoms with E-state index >= 15 is 0 Å². The smallest absolute Gasteiger partial charge is 0.325 e. The number of amides is 4. The maximum absolute atomic E-state index is 13.1. The number of benzene rings is 1. The van der Waals surface area contributed by atoms with Crippen molar-refractivity contribution in [2.75, 3.05) is 20.2 Å². The largest absolute Gasteiger partial charge is 0.497 e. The van der Waals surface area contributed by atoms with E-state index in [1.165, 1.54) is 19.3 Å². The van der Waals surface area contributed by atoms with Gasteiger partial charge >= 0.3 is 6.03 Å². The highest BCUT2D eigenvalue weighted by Gasteiger charge is 2.50. The second-order valence-corrected chi connectivity index (χ2v) is 8.52. The number of rotatable bonds is 4. The third-order valence-corrected chi connectivity index (χ3v) is 6.80. The van der Waals surface area contributed by atoms with Crippen LogP contribution in [0.15, 0.2) is 24.3 Å². The topological polar surface area (TPSA) is 79.0 Å². The number of fused-ring (bicyclic) bond motifs is 1. The molecule has 1 N–H and O–H groups in total. The summed E-state index contributed by atoms with van der Waals surface area (Å²) in [6, 6.07) is 6.78. The van der Waals surface area contributed by atoms with E-state index in [-0.39, 0.29) is 18.5 Å². The lowest BCUT2D eigenvalue weighted by atomic mass is 9.78. The van der Waals surface area contributed by atoms with E-state index in [2.05, 4.69) is 5.32 Å². The minimum absolute atomic E-state index is 0.121. The van der Waals surface area contributed by atoms with Crippen molar-refractivity contribution in [2.45, 2.75) is 57.0 Å². The number of carbonyl (C=O) groups is 3. The van der Waals surface area contributed by atoms with Gasteiger partial charge in [0.1, 0.15) is 17.8 Å². The van der Waals surface area contributed by atoms with Crippen molar-refractivity contribution in [3.63, 3.8) is 0 Å². The van der Waals surface area contributed by atoms with E-state index < -0.39 is 17.5 Å². The molecule has 156 valence electrons. The van der Waals surface area contributed by atoms with Crippen molar-refractivity contribution in [1.29, 1.82) is 0 Å². The van der Waals surface area contributed by atoms with Crippen molar-refractivity contribution in [2.24, 2.45) is 5.92 Å². The summed E-state index contributed by atoms with van der Waals surface area (Å²) < 4.78 is 5.16. The van der Waals surface area contributed by atoms with Gasteiger partial charge in [0.2, 0.25) is 5.91 Å². The third kappa shape index (κ3) is 3.47. The number of ether oxygens (including phenoxy) is 1. The zero-order chi connectivity index (χ0) is 20.6. The number of piperidine rings is 1. The van der Waals surface area contributed by atoms with Gasteiger partial charge in [-0.15, -0.1) is 0 Å². The van der Waals surface area contributed by atoms with E-state index in [1.807, 2.05) is 4.90 Å². The molecule has 29 heavy (non-hydrogen) atoms. The standard InChI is InChI=1S/C22H29N3O4/c1-22(16-9-11-17(29-2)12-10-16)20(27)25(21(28)23-22)14-19(26)24-13-5-7-15-6-3-4-8-18(15)24/h9-12,15,18H,3-8,13-14H2,1-2H3,(H,23,28)/t15-,18-,22+/m0/s1. The van der Waals surface area contributed by atoms with Crippen molar-refractivity contribution < 1.29 is 19.1 Å². The first-order valence-corrected chi connectivity index (χ1v) is 10.5. The predicted molar refractivity (Wildman–Crippen MR) is 107 cm³/mol. The fourth-order valence-corrected chi connectivity index (χ4v) is 5.12. The van der Waals surface area contributed by atoms with Crippen LogP contribution in [-0.2, 0) is 15.1 Å². The maximum Gasteiger partial charge on any atom is 0.325 e. The Morgan fingerprint density at radius 2 is 1.83 bits per heavy atom. The Kier molecular flexibility index (Phi) is 5.23. The highest BCUT2D eigenvalue weighted by Crippen LogP contribution is 2.36. The SMILES string of the molecule is COc1ccc([C@@]2(C)NC(=O)N(CC(=O)N3CCC[C@@H]4CCCC[C@@H]43)C2=O)cc1. The number of hydrogen-bond acceptors (Lipinski definition) is 4. The normalized spacial score (nSPS) is 29.4. The minimum Gasteiger partial charge on any atom is -0.497 e. The molecular weight excluding hydrogens is 370 g/mol. The first-order valence-electron chi connectivity index (χ1n) is 10.5. The molecule has 2 heterocycles. The number of hydrogen-bond donors (Lipinski definition) is 1. The molecule has 3 aliphatic rings. The molecule has 3 fully saturated rings. The fraction of sp³-hybridized carbons (Fsp3) is 0.591. The first kappa shape index (κ1) is 19.7. The zero-order valence-corrected chi connectivity index (χ0v) is 17.1. The van der Waals surface area contributed by atoms with Gasteiger partial charge in [-0.1, -0.05) is 25.0 Å². The summed E-state index contributed by atoms with van der Waals surface area (Å²) in [4.78, 5) is 41.8. The van der Waals surface area contributed by atoms with Crippen LogP contribution in [0.1, 0.15) is 51.0 Å². The summed E-state index contributed by atoms with van der Waals surface area (Å²) in [7, 11) is 1.57. The number of nitrogens with one attached hydrogen (secondary N) is 1. The molecular formula is C22H29N3O4. The molecule has 2 aliphatic heterocycles. The van der Waals surface area contributed by atoms with Crippen LogP contribution in [0.2, 0.25) is 0 Å². The average molecular weight is 399 g/mol. The van der Waals surface area contributed by atoms with Crippen LogP contribution < -0.4 is 10.1 Å². The summed E-state index contributed by atoms with van der Waals surface area (Å²) in [6.07, 6.45) is 6.75. The Morgan fingerprint density at radius 1 is 1.14 bits per heavy atom. The van der Waals surface area contributed by atoms with Crippen LogP contribution >= 0.6 is 0 Å². The summed E-state index contributed by atoms with van der Waals surface area (Å²) in [5, 5.41) is 2.77. The Balaban J connectivity index is 1.49. The Labute approximate surface area is 171 Å². The van der Waals surface area contributed by atoms with Crippen molar-refractivity contribution in [1.82, 2.24) is 15.1 Å². The highest BCUT2D eigenvalue weighted by atomic mass is 16.5. The summed E-state index contributed by atoms with van der Waals surface area (Å²) in [5.41, 5.74) is -0.518. The van der Waals surface area contributed by atoms with E-state index in [4.69, 9.17) is 4.74 Å². The van der Waals surface area contributed by atoms with Crippen LogP contribution in [-0.4, -0.2) is 53.9 Å². The Bertz CT molecular complexity index is 807. The average Bonchev–Trinajstić information content (AvgIpc) is 2.97. The molecule has 0 unspecified atom stereocenters. The fourth-order valence-electron chi connectivity index (χ4n) is 5.12. The van der Waals surface area contributed by atoms with Crippen molar-refractivity contribution in [3.05, 3.63) is 29.8 Å². The van der Waals surface area contributed by atoms with Gasteiger partial charge in [-0.05, 0) is 56.2 Å². The van der Waals surface area contributed by atoms with Gasteiger partial charge in [0.25, 0.3) is 5.91 Å². The van der Waals surface area contributed by atoms with Crippen molar-refractivity contribution in [3.8, 4) is 5.75 Å². The Morgan fingerprint density at radius 3 is 2.55 bits per heavy atom. The van der Waals surface area contributed by atoms with Crippen LogP contribution in [0.4, 0.5) is 4.79 Å². The van der Waals surface area contributed by atoms with Crippen molar-refractivity contribution >= 4 is 17.8 Å². The maximum atomic E-state index is 13.1. The van der Waals surface area contributed by atoms with Crippen LogP contribution in [0.25, 0.3) is 0 Å². The van der Waals surface area contributed by atoms with Gasteiger partial charge in [-0.2, -0.15) is 0 Å². The molecule has 0 bridgehead atoms. The second-order valence-electron chi connectivity index (χ2n) is 8.52. The molecule has 0 radical (unpaired) electrons. The molecule has 3 atom stereocenters. The van der Waals surface area contributed by atoms with Gasteiger partial charge in [-0.3, -0.25) is 14.5 Å². The number of imide groups is 1. The molecule has 1 aromatic rings. The molecule has 1 aliphatic carbocycles. The van der Waals surface area contributed by atoms with Gasteiger partial charge in [-0.25, -0.2) is 4.79 Å². The molecule has 2 saturated heterocycles. The molecule has 4 rings (SSSR count). The van der Waals surface area contributed by atoms with Gasteiger partial charge < -0.3 is 15.0 Å². The molecule has 1 aromatic carbocycles. The van der Waals surface area contributed by atoms with Crippen LogP contribution in [0, 0.1) is 5.92 Å². The van der Waals surface area contributed by atoms with E-state index in [9.17, 15) is 14.4 Å². The summed E-state index contributed by atoms with van der Waals surface area (Å²) in [5.74, 6) is 0.727. The molecule has 7 heteroatoms. The summed E-state index contributed by atoms with van der Waals surface area (Å²) >= 11 is 0. The number of carbonyl (C=O) groups excluding carboxylic acids is 3. The molecule has 7 nitrogen and oxygen atoms in total. The number of likely N-dealkylation sites (tertiary alicyclic amines) is 1. The number of nitrogens with zero attached hydrogens (tertiary/aromatic N) is 2. The monoisotopic (exact) mass is 399 g/mol. The van der Waals surface area contributed by atoms with Crippen LogP contribution in [0.5, 0.6) is 5.75 Å². The van der Waals surface area contributed by atoms with Gasteiger partial charge in [0, 0.05) is 12.6 Å². The lowest BCUT2D eigenvalue weighted by Gasteiger charge is -2.44. The zero-order valence-electron chi connectivity index (χ0n) is 17.1. The van der Waals surface area contributed by atoms with Gasteiger partial charge in [0.15, 0.2) is 0 Å². The molecule has 1 saturated carbocycles. The Hall–Kier alpha value is -2.57. The third-order valence-electron chi connectivity index (χ3n) is 6.80.